The number of hydrogen-bond acceptors (Lipinski definition) is 3. The van der Waals surface area contributed by atoms with Crippen LogP contribution in [-0.2, 0) is 6.42 Å². The minimum absolute atomic E-state index is 0.254. The van der Waals surface area contributed by atoms with Crippen LogP contribution in [0.1, 0.15) is 49.0 Å². The van der Waals surface area contributed by atoms with E-state index in [0.29, 0.717) is 12.6 Å². The van der Waals surface area contributed by atoms with Crippen molar-refractivity contribution in [2.75, 3.05) is 26.2 Å². The largest absolute Gasteiger partial charge is 0.317 e. The number of Topliss-reactive ketones (excluding diaryl/α,β-unsaturated/α-hetero) is 1. The van der Waals surface area contributed by atoms with E-state index >= 15 is 0 Å². The van der Waals surface area contributed by atoms with Gasteiger partial charge in [0.25, 0.3) is 0 Å². The molecule has 0 spiro atoms. The van der Waals surface area contributed by atoms with Gasteiger partial charge in [-0.2, -0.15) is 0 Å². The average molecular weight is 288 g/mol. The Balaban J connectivity index is 1.99. The van der Waals surface area contributed by atoms with Gasteiger partial charge in [0.1, 0.15) is 0 Å². The summed E-state index contributed by atoms with van der Waals surface area (Å²) in [6.45, 7) is 8.05. The van der Waals surface area contributed by atoms with Crippen LogP contribution < -0.4 is 5.32 Å². The van der Waals surface area contributed by atoms with Crippen LogP contribution in [0.25, 0.3) is 0 Å². The lowest BCUT2D eigenvalue weighted by Crippen LogP contribution is -2.45. The third kappa shape index (κ3) is 4.65. The fraction of sp³-hybridized carbons (Fsp3) is 0.611. The highest BCUT2D eigenvalue weighted by Crippen LogP contribution is 2.14. The molecule has 1 aliphatic heterocycles. The molecule has 0 aromatic heterocycles. The Kier molecular flexibility index (Phi) is 6.40. The number of hydrogen-bond donors (Lipinski definition) is 1. The zero-order valence-corrected chi connectivity index (χ0v) is 13.4. The van der Waals surface area contributed by atoms with Gasteiger partial charge in [-0.05, 0) is 50.9 Å². The molecule has 3 nitrogen and oxygen atoms in total. The maximum absolute atomic E-state index is 12.5. The molecule has 116 valence electrons. The van der Waals surface area contributed by atoms with Gasteiger partial charge in [-0.1, -0.05) is 38.1 Å². The molecule has 1 aliphatic rings. The minimum Gasteiger partial charge on any atom is -0.317 e. The van der Waals surface area contributed by atoms with E-state index in [2.05, 4.69) is 36.2 Å². The van der Waals surface area contributed by atoms with Crippen molar-refractivity contribution in [3.63, 3.8) is 0 Å². The Morgan fingerprint density at radius 3 is 2.43 bits per heavy atom. The summed E-state index contributed by atoms with van der Waals surface area (Å²) in [4.78, 5) is 14.9. The van der Waals surface area contributed by atoms with E-state index in [-0.39, 0.29) is 5.78 Å². The first-order valence-electron chi connectivity index (χ1n) is 8.31. The second kappa shape index (κ2) is 8.30. The number of rotatable bonds is 7. The highest BCUT2D eigenvalue weighted by atomic mass is 16.1. The van der Waals surface area contributed by atoms with Crippen LogP contribution in [0.15, 0.2) is 24.3 Å². The summed E-state index contributed by atoms with van der Waals surface area (Å²) in [6, 6.07) is 8.66. The standard InChI is InChI=1S/C18H28N2O/c1-3-13-20(17-9-11-19-12-10-17)14-18(21)16-7-5-15(4-2)6-8-16/h5-8,17,19H,3-4,9-14H2,1-2H3. The van der Waals surface area contributed by atoms with Crippen molar-refractivity contribution >= 4 is 5.78 Å². The van der Waals surface area contributed by atoms with Crippen molar-refractivity contribution in [3.8, 4) is 0 Å². The SMILES string of the molecule is CCCN(CC(=O)c1ccc(CC)cc1)C1CCNCC1. The first-order valence-corrected chi connectivity index (χ1v) is 8.31. The number of ketones is 1. The Hall–Kier alpha value is -1.19. The third-order valence-corrected chi connectivity index (χ3v) is 4.37. The molecule has 1 saturated heterocycles. The molecule has 1 aromatic carbocycles. The van der Waals surface area contributed by atoms with Gasteiger partial charge >= 0.3 is 0 Å². The molecule has 1 heterocycles. The first-order chi connectivity index (χ1) is 10.2. The van der Waals surface area contributed by atoms with Crippen molar-refractivity contribution in [1.82, 2.24) is 10.2 Å². The Morgan fingerprint density at radius 1 is 1.19 bits per heavy atom. The van der Waals surface area contributed by atoms with Gasteiger partial charge in [0.05, 0.1) is 6.54 Å². The van der Waals surface area contributed by atoms with Gasteiger partial charge < -0.3 is 5.32 Å². The van der Waals surface area contributed by atoms with Gasteiger partial charge in [0.2, 0.25) is 0 Å². The minimum atomic E-state index is 0.254. The molecule has 1 N–H and O–H groups in total. The summed E-state index contributed by atoms with van der Waals surface area (Å²) >= 11 is 0. The van der Waals surface area contributed by atoms with Crippen LogP contribution in [0.2, 0.25) is 0 Å². The average Bonchev–Trinajstić information content (AvgIpc) is 2.55. The lowest BCUT2D eigenvalue weighted by molar-refractivity contribution is 0.0865. The van der Waals surface area contributed by atoms with E-state index in [9.17, 15) is 4.79 Å². The first kappa shape index (κ1) is 16.2. The van der Waals surface area contributed by atoms with Crippen LogP contribution in [0.3, 0.4) is 0 Å². The number of carbonyl (C=O) groups excluding carboxylic acids is 1. The summed E-state index contributed by atoms with van der Waals surface area (Å²) < 4.78 is 0. The number of benzene rings is 1. The van der Waals surface area contributed by atoms with E-state index in [1.807, 2.05) is 12.1 Å². The van der Waals surface area contributed by atoms with Crippen LogP contribution in [0, 0.1) is 0 Å². The van der Waals surface area contributed by atoms with Crippen LogP contribution in [0.5, 0.6) is 0 Å². The van der Waals surface area contributed by atoms with E-state index in [1.165, 1.54) is 5.56 Å². The molecule has 0 atom stereocenters. The molecular weight excluding hydrogens is 260 g/mol. The van der Waals surface area contributed by atoms with E-state index in [0.717, 1.165) is 50.9 Å². The fourth-order valence-corrected chi connectivity index (χ4v) is 3.05. The predicted octanol–water partition coefficient (Wildman–Crippen LogP) is 2.90. The molecule has 2 rings (SSSR count). The molecule has 0 bridgehead atoms. The second-order valence-electron chi connectivity index (χ2n) is 5.93. The summed E-state index contributed by atoms with van der Waals surface area (Å²) in [5.41, 5.74) is 2.14. The summed E-state index contributed by atoms with van der Waals surface area (Å²) in [7, 11) is 0. The number of aryl methyl sites for hydroxylation is 1. The molecule has 0 saturated carbocycles. The van der Waals surface area contributed by atoms with Gasteiger partial charge in [-0.25, -0.2) is 0 Å². The molecule has 0 amide bonds. The number of carbonyl (C=O) groups is 1. The third-order valence-electron chi connectivity index (χ3n) is 4.37. The van der Waals surface area contributed by atoms with Gasteiger partial charge in [0, 0.05) is 11.6 Å². The molecule has 3 heteroatoms. The summed E-state index contributed by atoms with van der Waals surface area (Å²) in [5.74, 6) is 0.254. The molecule has 0 unspecified atom stereocenters. The summed E-state index contributed by atoms with van der Waals surface area (Å²) in [6.07, 6.45) is 4.43. The van der Waals surface area contributed by atoms with Gasteiger partial charge in [-0.15, -0.1) is 0 Å². The Morgan fingerprint density at radius 2 is 1.86 bits per heavy atom. The lowest BCUT2D eigenvalue weighted by Gasteiger charge is -2.34. The lowest BCUT2D eigenvalue weighted by atomic mass is 10.0. The Bertz CT molecular complexity index is 435. The number of piperidine rings is 1. The Labute approximate surface area is 128 Å². The second-order valence-corrected chi connectivity index (χ2v) is 5.93. The van der Waals surface area contributed by atoms with E-state index in [4.69, 9.17) is 0 Å². The predicted molar refractivity (Wildman–Crippen MR) is 87.9 cm³/mol. The fourth-order valence-electron chi connectivity index (χ4n) is 3.05. The molecule has 0 radical (unpaired) electrons. The van der Waals surface area contributed by atoms with Crippen molar-refractivity contribution < 1.29 is 4.79 Å². The smallest absolute Gasteiger partial charge is 0.176 e. The van der Waals surface area contributed by atoms with Gasteiger partial charge in [0.15, 0.2) is 5.78 Å². The molecule has 0 aliphatic carbocycles. The normalized spacial score (nSPS) is 16.3. The molecule has 1 fully saturated rings. The molecular formula is C18H28N2O. The highest BCUT2D eigenvalue weighted by Gasteiger charge is 2.22. The topological polar surface area (TPSA) is 32.3 Å². The molecule has 21 heavy (non-hydrogen) atoms. The highest BCUT2D eigenvalue weighted by molar-refractivity contribution is 5.97. The maximum Gasteiger partial charge on any atom is 0.176 e. The number of nitrogens with zero attached hydrogens (tertiary/aromatic N) is 1. The van der Waals surface area contributed by atoms with Crippen LogP contribution in [0.4, 0.5) is 0 Å². The quantitative estimate of drug-likeness (QED) is 0.783. The van der Waals surface area contributed by atoms with Crippen molar-refractivity contribution in [1.29, 1.82) is 0 Å². The zero-order chi connectivity index (χ0) is 15.1. The van der Waals surface area contributed by atoms with Crippen molar-refractivity contribution in [3.05, 3.63) is 35.4 Å². The van der Waals surface area contributed by atoms with Gasteiger partial charge in [-0.3, -0.25) is 9.69 Å². The van der Waals surface area contributed by atoms with E-state index in [1.54, 1.807) is 0 Å². The zero-order valence-electron chi connectivity index (χ0n) is 13.4. The van der Waals surface area contributed by atoms with E-state index < -0.39 is 0 Å². The van der Waals surface area contributed by atoms with Crippen molar-refractivity contribution in [2.24, 2.45) is 0 Å². The molecule has 1 aromatic rings. The summed E-state index contributed by atoms with van der Waals surface area (Å²) in [5, 5.41) is 3.40. The maximum atomic E-state index is 12.5. The van der Waals surface area contributed by atoms with Crippen LogP contribution >= 0.6 is 0 Å². The monoisotopic (exact) mass is 288 g/mol. The van der Waals surface area contributed by atoms with Crippen LogP contribution in [-0.4, -0.2) is 42.9 Å². The number of nitrogens with one attached hydrogen (secondary N) is 1. The van der Waals surface area contributed by atoms with Crippen molar-refractivity contribution in [2.45, 2.75) is 45.6 Å².